The topological polar surface area (TPSA) is 85.9 Å². The molecule has 0 aliphatic heterocycles. The highest BCUT2D eigenvalue weighted by Crippen LogP contribution is 2.38. The monoisotopic (exact) mass is 476 g/mol. The van der Waals surface area contributed by atoms with Crippen molar-refractivity contribution in [2.45, 2.75) is 39.5 Å². The number of carbonyl (C=O) groups is 2. The van der Waals surface area contributed by atoms with Crippen LogP contribution in [0.5, 0.6) is 5.75 Å². The Kier molecular flexibility index (Phi) is 9.01. The summed E-state index contributed by atoms with van der Waals surface area (Å²) in [5.41, 5.74) is 1.99. The number of fused-ring (bicyclic) bond motifs is 1. The number of ether oxygens (including phenoxy) is 3. The van der Waals surface area contributed by atoms with Crippen molar-refractivity contribution < 1.29 is 23.8 Å². The standard InChI is InChI=1S/C23H28N2O5S2/c1-3-28-12-13-30-16-9-7-8-15(14-16)20(26)24-23(31)25-21-19(22(27)29-4-2)17-10-5-6-11-18(17)32-21/h7-9,14H,3-6,10-13H2,1-2H3,(H2,24,25,26,31). The van der Waals surface area contributed by atoms with E-state index in [1.54, 1.807) is 31.2 Å². The SMILES string of the molecule is CCOCCOc1cccc(C(=O)NC(=S)Nc2sc3c(c2C(=O)OCC)CCCC3)c1. The van der Waals surface area contributed by atoms with Gasteiger partial charge in [-0.2, -0.15) is 0 Å². The van der Waals surface area contributed by atoms with Crippen LogP contribution in [-0.4, -0.2) is 43.4 Å². The Balaban J connectivity index is 1.66. The largest absolute Gasteiger partial charge is 0.491 e. The van der Waals surface area contributed by atoms with Gasteiger partial charge in [0.05, 0.1) is 18.8 Å². The first-order valence-electron chi connectivity index (χ1n) is 10.8. The Labute approximate surface area is 197 Å². The average Bonchev–Trinajstić information content (AvgIpc) is 3.14. The van der Waals surface area contributed by atoms with Gasteiger partial charge in [0.2, 0.25) is 0 Å². The maximum Gasteiger partial charge on any atom is 0.341 e. The van der Waals surface area contributed by atoms with Crippen molar-refractivity contribution in [3.63, 3.8) is 0 Å². The summed E-state index contributed by atoms with van der Waals surface area (Å²) in [4.78, 5) is 26.4. The second kappa shape index (κ2) is 11.9. The molecular weight excluding hydrogens is 448 g/mol. The number of nitrogens with one attached hydrogen (secondary N) is 2. The van der Waals surface area contributed by atoms with Gasteiger partial charge in [-0.3, -0.25) is 10.1 Å². The molecule has 0 saturated carbocycles. The third kappa shape index (κ3) is 6.27. The van der Waals surface area contributed by atoms with Gasteiger partial charge in [0.1, 0.15) is 17.4 Å². The minimum atomic E-state index is -0.364. The molecule has 0 bridgehead atoms. The highest BCUT2D eigenvalue weighted by atomic mass is 32.1. The van der Waals surface area contributed by atoms with E-state index in [1.807, 2.05) is 6.92 Å². The van der Waals surface area contributed by atoms with Crippen LogP contribution >= 0.6 is 23.6 Å². The second-order valence-corrected chi connectivity index (χ2v) is 8.63. The second-order valence-electron chi connectivity index (χ2n) is 7.12. The molecule has 3 rings (SSSR count). The number of rotatable bonds is 9. The molecule has 0 spiro atoms. The fraction of sp³-hybridized carbons (Fsp3) is 0.435. The number of esters is 1. The molecule has 0 unspecified atom stereocenters. The van der Waals surface area contributed by atoms with Crippen molar-refractivity contribution in [1.29, 1.82) is 0 Å². The number of thiophene rings is 1. The summed E-state index contributed by atoms with van der Waals surface area (Å²) in [6.45, 7) is 5.51. The average molecular weight is 477 g/mol. The van der Waals surface area contributed by atoms with Crippen molar-refractivity contribution in [3.8, 4) is 5.75 Å². The minimum Gasteiger partial charge on any atom is -0.491 e. The molecule has 0 radical (unpaired) electrons. The predicted octanol–water partition coefficient (Wildman–Crippen LogP) is 4.35. The van der Waals surface area contributed by atoms with Gasteiger partial charge in [-0.25, -0.2) is 4.79 Å². The van der Waals surface area contributed by atoms with Crippen LogP contribution in [0, 0.1) is 0 Å². The normalized spacial score (nSPS) is 12.6. The highest BCUT2D eigenvalue weighted by molar-refractivity contribution is 7.80. The highest BCUT2D eigenvalue weighted by Gasteiger charge is 2.27. The molecule has 0 fully saturated rings. The summed E-state index contributed by atoms with van der Waals surface area (Å²) in [6, 6.07) is 6.85. The van der Waals surface area contributed by atoms with Crippen LogP contribution in [0.3, 0.4) is 0 Å². The fourth-order valence-electron chi connectivity index (χ4n) is 3.47. The van der Waals surface area contributed by atoms with Gasteiger partial charge < -0.3 is 19.5 Å². The van der Waals surface area contributed by atoms with E-state index >= 15 is 0 Å². The van der Waals surface area contributed by atoms with Crippen LogP contribution in [0.4, 0.5) is 5.00 Å². The van der Waals surface area contributed by atoms with Crippen molar-refractivity contribution in [2.75, 3.05) is 31.7 Å². The smallest absolute Gasteiger partial charge is 0.341 e. The molecule has 9 heteroatoms. The van der Waals surface area contributed by atoms with Gasteiger partial charge in [0.25, 0.3) is 5.91 Å². The Morgan fingerprint density at radius 2 is 1.94 bits per heavy atom. The lowest BCUT2D eigenvalue weighted by molar-refractivity contribution is 0.0526. The number of benzene rings is 1. The number of hydrogen-bond donors (Lipinski definition) is 2. The number of amides is 1. The number of thiocarbonyl (C=S) groups is 1. The van der Waals surface area contributed by atoms with Crippen LogP contribution in [0.2, 0.25) is 0 Å². The predicted molar refractivity (Wildman–Crippen MR) is 129 cm³/mol. The van der Waals surface area contributed by atoms with Crippen molar-refractivity contribution in [2.24, 2.45) is 0 Å². The first kappa shape index (κ1) is 24.2. The lowest BCUT2D eigenvalue weighted by Crippen LogP contribution is -2.34. The summed E-state index contributed by atoms with van der Waals surface area (Å²) in [6.07, 6.45) is 3.92. The Morgan fingerprint density at radius 3 is 2.72 bits per heavy atom. The molecule has 0 atom stereocenters. The lowest BCUT2D eigenvalue weighted by Gasteiger charge is -2.13. The zero-order valence-corrected chi connectivity index (χ0v) is 20.0. The van der Waals surface area contributed by atoms with Gasteiger partial charge in [-0.1, -0.05) is 6.07 Å². The molecule has 0 saturated heterocycles. The lowest BCUT2D eigenvalue weighted by atomic mass is 9.95. The summed E-state index contributed by atoms with van der Waals surface area (Å²) < 4.78 is 16.1. The Hall–Kier alpha value is -2.49. The van der Waals surface area contributed by atoms with E-state index in [4.69, 9.17) is 26.4 Å². The van der Waals surface area contributed by atoms with Crippen LogP contribution < -0.4 is 15.4 Å². The van der Waals surface area contributed by atoms with Crippen molar-refractivity contribution in [1.82, 2.24) is 5.32 Å². The first-order valence-corrected chi connectivity index (χ1v) is 12.0. The van der Waals surface area contributed by atoms with Gasteiger partial charge in [-0.05, 0) is 75.5 Å². The third-order valence-corrected chi connectivity index (χ3v) is 6.31. The number of hydrogen-bond acceptors (Lipinski definition) is 7. The van der Waals surface area contributed by atoms with Crippen LogP contribution in [0.25, 0.3) is 0 Å². The molecule has 2 aromatic rings. The quantitative estimate of drug-likeness (QED) is 0.316. The van der Waals surface area contributed by atoms with E-state index in [9.17, 15) is 9.59 Å². The Bertz CT molecular complexity index is 973. The molecule has 1 aromatic heterocycles. The van der Waals surface area contributed by atoms with Crippen LogP contribution in [0.1, 0.15) is 57.8 Å². The molecule has 1 aromatic carbocycles. The molecule has 32 heavy (non-hydrogen) atoms. The molecule has 1 aliphatic carbocycles. The molecule has 7 nitrogen and oxygen atoms in total. The van der Waals surface area contributed by atoms with E-state index in [1.165, 1.54) is 16.2 Å². The van der Waals surface area contributed by atoms with Gasteiger partial charge in [-0.15, -0.1) is 11.3 Å². The number of aryl methyl sites for hydroxylation is 1. The zero-order chi connectivity index (χ0) is 22.9. The van der Waals surface area contributed by atoms with E-state index in [2.05, 4.69) is 10.6 Å². The molecular formula is C23H28N2O5S2. The van der Waals surface area contributed by atoms with Gasteiger partial charge in [0, 0.05) is 17.0 Å². The molecule has 172 valence electrons. The Morgan fingerprint density at radius 1 is 1.12 bits per heavy atom. The molecule has 2 N–H and O–H groups in total. The third-order valence-electron chi connectivity index (χ3n) is 4.90. The maximum absolute atomic E-state index is 12.7. The van der Waals surface area contributed by atoms with E-state index < -0.39 is 0 Å². The van der Waals surface area contributed by atoms with E-state index in [0.29, 0.717) is 48.3 Å². The fourth-order valence-corrected chi connectivity index (χ4v) is 5.01. The van der Waals surface area contributed by atoms with Crippen LogP contribution in [0.15, 0.2) is 24.3 Å². The summed E-state index contributed by atoms with van der Waals surface area (Å²) in [7, 11) is 0. The summed E-state index contributed by atoms with van der Waals surface area (Å²) in [5, 5.41) is 6.47. The van der Waals surface area contributed by atoms with Gasteiger partial charge in [0.15, 0.2) is 5.11 Å². The first-order chi connectivity index (χ1) is 15.5. The molecule has 1 heterocycles. The maximum atomic E-state index is 12.7. The zero-order valence-electron chi connectivity index (χ0n) is 18.3. The minimum absolute atomic E-state index is 0.127. The number of anilines is 1. The van der Waals surface area contributed by atoms with Crippen molar-refractivity contribution in [3.05, 3.63) is 45.8 Å². The number of carbonyl (C=O) groups excluding carboxylic acids is 2. The van der Waals surface area contributed by atoms with Gasteiger partial charge >= 0.3 is 5.97 Å². The molecule has 1 amide bonds. The van der Waals surface area contributed by atoms with E-state index in [0.717, 1.165) is 31.2 Å². The molecule has 1 aliphatic rings. The van der Waals surface area contributed by atoms with Crippen LogP contribution in [-0.2, 0) is 22.3 Å². The van der Waals surface area contributed by atoms with Crippen molar-refractivity contribution >= 4 is 45.5 Å². The summed E-state index contributed by atoms with van der Waals surface area (Å²) >= 11 is 6.86. The summed E-state index contributed by atoms with van der Waals surface area (Å²) in [5.74, 6) is -0.149. The van der Waals surface area contributed by atoms with E-state index in [-0.39, 0.29) is 17.0 Å².